The molecule has 96 valence electrons. The molecule has 0 spiro atoms. The summed E-state index contributed by atoms with van der Waals surface area (Å²) in [7, 11) is 0. The highest BCUT2D eigenvalue weighted by molar-refractivity contribution is 5.74. The Hall–Kier alpha value is -1.39. The molecule has 4 nitrogen and oxygen atoms in total. The molecule has 0 bridgehead atoms. The molecule has 0 aliphatic carbocycles. The molecular formula is C14H19N3O. The van der Waals surface area contributed by atoms with Crippen LogP contribution in [0.3, 0.4) is 0 Å². The van der Waals surface area contributed by atoms with Gasteiger partial charge in [-0.3, -0.25) is 0 Å². The number of H-pyrrole nitrogens is 1. The molecule has 0 amide bonds. The lowest BCUT2D eigenvalue weighted by molar-refractivity contribution is 0.142. The molecule has 1 atom stereocenters. The number of para-hydroxylation sites is 2. The molecule has 0 radical (unpaired) electrons. The minimum absolute atomic E-state index is 0.556. The van der Waals surface area contributed by atoms with Gasteiger partial charge in [0.1, 0.15) is 5.82 Å². The standard InChI is InChI=1S/C14H19N3O/c1-2-6-13-12(5-1)16-14(17-13)10-15-11-4-3-8-18-9-7-11/h1-2,5-6,11,15H,3-4,7-10H2,(H,16,17). The quantitative estimate of drug-likeness (QED) is 0.871. The van der Waals surface area contributed by atoms with E-state index in [2.05, 4.69) is 21.4 Å². The smallest absolute Gasteiger partial charge is 0.121 e. The van der Waals surface area contributed by atoms with Crippen LogP contribution >= 0.6 is 0 Å². The van der Waals surface area contributed by atoms with Crippen LogP contribution in [0.25, 0.3) is 11.0 Å². The number of aromatic amines is 1. The fourth-order valence-corrected chi connectivity index (χ4v) is 2.44. The van der Waals surface area contributed by atoms with Crippen LogP contribution in [0.2, 0.25) is 0 Å². The monoisotopic (exact) mass is 245 g/mol. The molecule has 4 heteroatoms. The van der Waals surface area contributed by atoms with Crippen molar-refractivity contribution in [3.63, 3.8) is 0 Å². The maximum absolute atomic E-state index is 5.46. The number of fused-ring (bicyclic) bond motifs is 1. The fraction of sp³-hybridized carbons (Fsp3) is 0.500. The number of benzene rings is 1. The molecule has 1 unspecified atom stereocenters. The van der Waals surface area contributed by atoms with Gasteiger partial charge in [0.2, 0.25) is 0 Å². The van der Waals surface area contributed by atoms with Crippen LogP contribution in [-0.4, -0.2) is 29.2 Å². The van der Waals surface area contributed by atoms with Crippen molar-refractivity contribution in [1.82, 2.24) is 15.3 Å². The minimum Gasteiger partial charge on any atom is -0.381 e. The van der Waals surface area contributed by atoms with Gasteiger partial charge in [-0.1, -0.05) is 12.1 Å². The lowest BCUT2D eigenvalue weighted by atomic mass is 10.1. The van der Waals surface area contributed by atoms with Crippen molar-refractivity contribution in [2.24, 2.45) is 0 Å². The second kappa shape index (κ2) is 5.50. The molecule has 3 rings (SSSR count). The third-order valence-corrected chi connectivity index (χ3v) is 3.45. The van der Waals surface area contributed by atoms with Crippen LogP contribution in [0.1, 0.15) is 25.1 Å². The fourth-order valence-electron chi connectivity index (χ4n) is 2.44. The van der Waals surface area contributed by atoms with E-state index in [1.165, 1.54) is 6.42 Å². The summed E-state index contributed by atoms with van der Waals surface area (Å²) in [6.07, 6.45) is 3.44. The van der Waals surface area contributed by atoms with E-state index >= 15 is 0 Å². The lowest BCUT2D eigenvalue weighted by Gasteiger charge is -2.14. The van der Waals surface area contributed by atoms with Gasteiger partial charge in [-0.05, 0) is 31.4 Å². The number of imidazole rings is 1. The number of rotatable bonds is 3. The average molecular weight is 245 g/mol. The minimum atomic E-state index is 0.556. The van der Waals surface area contributed by atoms with E-state index in [1.807, 2.05) is 18.2 Å². The number of aromatic nitrogens is 2. The molecule has 1 aliphatic rings. The van der Waals surface area contributed by atoms with Gasteiger partial charge in [-0.2, -0.15) is 0 Å². The first-order valence-electron chi connectivity index (χ1n) is 6.66. The van der Waals surface area contributed by atoms with Crippen molar-refractivity contribution in [1.29, 1.82) is 0 Å². The summed E-state index contributed by atoms with van der Waals surface area (Å²) in [5.74, 6) is 1.02. The Morgan fingerprint density at radius 3 is 3.17 bits per heavy atom. The molecule has 2 N–H and O–H groups in total. The summed E-state index contributed by atoms with van der Waals surface area (Å²) in [4.78, 5) is 7.92. The zero-order chi connectivity index (χ0) is 12.2. The summed E-state index contributed by atoms with van der Waals surface area (Å²) in [5.41, 5.74) is 2.15. The van der Waals surface area contributed by atoms with E-state index in [-0.39, 0.29) is 0 Å². The topological polar surface area (TPSA) is 49.9 Å². The van der Waals surface area contributed by atoms with Crippen LogP contribution in [0.5, 0.6) is 0 Å². The van der Waals surface area contributed by atoms with Crippen molar-refractivity contribution >= 4 is 11.0 Å². The Kier molecular flexibility index (Phi) is 3.57. The third-order valence-electron chi connectivity index (χ3n) is 3.45. The van der Waals surface area contributed by atoms with E-state index in [4.69, 9.17) is 4.74 Å². The normalized spacial score (nSPS) is 21.0. The Labute approximate surface area is 107 Å². The SMILES string of the molecule is c1ccc2[nH]c(CNC3CCCOCC3)nc2c1. The van der Waals surface area contributed by atoms with E-state index in [0.717, 1.165) is 49.5 Å². The van der Waals surface area contributed by atoms with Gasteiger partial charge in [0.15, 0.2) is 0 Å². The molecule has 1 fully saturated rings. The largest absolute Gasteiger partial charge is 0.381 e. The van der Waals surface area contributed by atoms with Gasteiger partial charge < -0.3 is 15.0 Å². The Balaban J connectivity index is 1.61. The predicted octanol–water partition coefficient (Wildman–Crippen LogP) is 2.22. The first-order valence-corrected chi connectivity index (χ1v) is 6.66. The molecule has 1 saturated heterocycles. The van der Waals surface area contributed by atoms with Gasteiger partial charge in [-0.25, -0.2) is 4.98 Å². The van der Waals surface area contributed by atoms with Crippen LogP contribution in [0.4, 0.5) is 0 Å². The van der Waals surface area contributed by atoms with Crippen LogP contribution in [-0.2, 0) is 11.3 Å². The number of nitrogens with zero attached hydrogens (tertiary/aromatic N) is 1. The van der Waals surface area contributed by atoms with Gasteiger partial charge >= 0.3 is 0 Å². The molecule has 1 aromatic carbocycles. The van der Waals surface area contributed by atoms with Gasteiger partial charge in [0, 0.05) is 19.3 Å². The number of ether oxygens (including phenoxy) is 1. The van der Waals surface area contributed by atoms with E-state index < -0.39 is 0 Å². The van der Waals surface area contributed by atoms with E-state index in [0.29, 0.717) is 6.04 Å². The molecular weight excluding hydrogens is 226 g/mol. The van der Waals surface area contributed by atoms with E-state index in [9.17, 15) is 0 Å². The second-order valence-electron chi connectivity index (χ2n) is 4.82. The van der Waals surface area contributed by atoms with Crippen molar-refractivity contribution in [2.75, 3.05) is 13.2 Å². The first-order chi connectivity index (χ1) is 8.92. The molecule has 0 saturated carbocycles. The van der Waals surface area contributed by atoms with Crippen molar-refractivity contribution in [3.05, 3.63) is 30.1 Å². The lowest BCUT2D eigenvalue weighted by Crippen LogP contribution is -2.29. The molecule has 2 heterocycles. The number of nitrogens with one attached hydrogen (secondary N) is 2. The van der Waals surface area contributed by atoms with Crippen LogP contribution in [0, 0.1) is 0 Å². The van der Waals surface area contributed by atoms with Gasteiger partial charge in [0.25, 0.3) is 0 Å². The highest BCUT2D eigenvalue weighted by Crippen LogP contribution is 2.12. The van der Waals surface area contributed by atoms with Crippen molar-refractivity contribution in [2.45, 2.75) is 31.8 Å². The summed E-state index contributed by atoms with van der Waals surface area (Å²) in [5, 5.41) is 3.57. The van der Waals surface area contributed by atoms with Crippen molar-refractivity contribution in [3.8, 4) is 0 Å². The Morgan fingerprint density at radius 2 is 2.22 bits per heavy atom. The third kappa shape index (κ3) is 2.71. The van der Waals surface area contributed by atoms with Crippen molar-refractivity contribution < 1.29 is 4.74 Å². The Morgan fingerprint density at radius 1 is 1.28 bits per heavy atom. The molecule has 18 heavy (non-hydrogen) atoms. The summed E-state index contributed by atoms with van der Waals surface area (Å²) < 4.78 is 5.46. The van der Waals surface area contributed by atoms with Gasteiger partial charge in [0.05, 0.1) is 17.6 Å². The first kappa shape index (κ1) is 11.7. The highest BCUT2D eigenvalue weighted by Gasteiger charge is 2.12. The van der Waals surface area contributed by atoms with Crippen LogP contribution in [0.15, 0.2) is 24.3 Å². The highest BCUT2D eigenvalue weighted by atomic mass is 16.5. The van der Waals surface area contributed by atoms with E-state index in [1.54, 1.807) is 0 Å². The second-order valence-corrected chi connectivity index (χ2v) is 4.82. The van der Waals surface area contributed by atoms with Crippen LogP contribution < -0.4 is 5.32 Å². The summed E-state index contributed by atoms with van der Waals surface area (Å²) in [6.45, 7) is 2.58. The van der Waals surface area contributed by atoms with Gasteiger partial charge in [-0.15, -0.1) is 0 Å². The molecule has 1 aliphatic heterocycles. The zero-order valence-electron chi connectivity index (χ0n) is 10.5. The zero-order valence-corrected chi connectivity index (χ0v) is 10.5. The number of hydrogen-bond donors (Lipinski definition) is 2. The average Bonchev–Trinajstić information content (AvgIpc) is 2.63. The molecule has 1 aromatic heterocycles. The maximum Gasteiger partial charge on any atom is 0.121 e. The summed E-state index contributed by atoms with van der Waals surface area (Å²) in [6, 6.07) is 8.70. The molecule has 2 aromatic rings. The maximum atomic E-state index is 5.46. The Bertz CT molecular complexity index is 467. The summed E-state index contributed by atoms with van der Waals surface area (Å²) >= 11 is 0. The predicted molar refractivity (Wildman–Crippen MR) is 71.4 cm³/mol. The number of hydrogen-bond acceptors (Lipinski definition) is 3.